The van der Waals surface area contributed by atoms with E-state index in [0.717, 1.165) is 56.9 Å². The Morgan fingerprint density at radius 2 is 1.73 bits per heavy atom. The van der Waals surface area contributed by atoms with E-state index in [-0.39, 0.29) is 23.6 Å². The highest BCUT2D eigenvalue weighted by Gasteiger charge is 2.31. The molecule has 2 saturated heterocycles. The molecule has 1 aromatic rings. The molecule has 2 fully saturated rings. The third-order valence-corrected chi connectivity index (χ3v) is 7.10. The van der Waals surface area contributed by atoms with E-state index < -0.39 is 0 Å². The van der Waals surface area contributed by atoms with Gasteiger partial charge in [0.15, 0.2) is 0 Å². The van der Waals surface area contributed by atoms with Gasteiger partial charge >= 0.3 is 0 Å². The third kappa shape index (κ3) is 5.60. The Kier molecular flexibility index (Phi) is 8.27. The summed E-state index contributed by atoms with van der Waals surface area (Å²) < 4.78 is 0. The second kappa shape index (κ2) is 10.9. The quantitative estimate of drug-likeness (QED) is 0.687. The number of thiophene rings is 1. The summed E-state index contributed by atoms with van der Waals surface area (Å²) in [6.45, 7) is 10.2. The van der Waals surface area contributed by atoms with Crippen molar-refractivity contribution in [1.82, 2.24) is 19.6 Å². The summed E-state index contributed by atoms with van der Waals surface area (Å²) in [5.41, 5.74) is 0. The predicted molar refractivity (Wildman–Crippen MR) is 119 cm³/mol. The highest BCUT2D eigenvalue weighted by molar-refractivity contribution is 7.12. The molecule has 3 heterocycles. The van der Waals surface area contributed by atoms with E-state index in [4.69, 9.17) is 0 Å². The fourth-order valence-electron chi connectivity index (χ4n) is 4.36. The van der Waals surface area contributed by atoms with Gasteiger partial charge in [0.05, 0.1) is 11.4 Å². The van der Waals surface area contributed by atoms with Crippen molar-refractivity contribution in [2.24, 2.45) is 5.92 Å². The number of carbonyl (C=O) groups excluding carboxylic acids is 3. The number of hydrogen-bond acceptors (Lipinski definition) is 5. The molecular weight excluding hydrogens is 400 g/mol. The molecule has 0 atom stereocenters. The maximum Gasteiger partial charge on any atom is 0.263 e. The third-order valence-electron chi connectivity index (χ3n) is 6.24. The van der Waals surface area contributed by atoms with Gasteiger partial charge in [-0.05, 0) is 44.6 Å². The number of likely N-dealkylation sites (tertiary alicyclic amines) is 1. The van der Waals surface area contributed by atoms with Crippen molar-refractivity contribution in [3.8, 4) is 0 Å². The van der Waals surface area contributed by atoms with Crippen LogP contribution < -0.4 is 0 Å². The van der Waals surface area contributed by atoms with Gasteiger partial charge in [-0.3, -0.25) is 19.3 Å². The van der Waals surface area contributed by atoms with E-state index >= 15 is 0 Å². The second-order valence-corrected chi connectivity index (χ2v) is 9.01. The van der Waals surface area contributed by atoms with E-state index in [9.17, 15) is 14.4 Å². The zero-order valence-electron chi connectivity index (χ0n) is 18.2. The Balaban J connectivity index is 1.46. The largest absolute Gasteiger partial charge is 0.342 e. The van der Waals surface area contributed by atoms with E-state index in [1.165, 1.54) is 11.3 Å². The van der Waals surface area contributed by atoms with Crippen LogP contribution in [0.15, 0.2) is 17.5 Å². The van der Waals surface area contributed by atoms with E-state index in [0.29, 0.717) is 26.2 Å². The molecule has 0 bridgehead atoms. The fourth-order valence-corrected chi connectivity index (χ4v) is 5.05. The summed E-state index contributed by atoms with van der Waals surface area (Å²) in [4.78, 5) is 46.6. The highest BCUT2D eigenvalue weighted by atomic mass is 32.1. The van der Waals surface area contributed by atoms with Gasteiger partial charge < -0.3 is 14.7 Å². The van der Waals surface area contributed by atoms with Gasteiger partial charge in [0, 0.05) is 58.3 Å². The van der Waals surface area contributed by atoms with E-state index in [2.05, 4.69) is 4.90 Å². The lowest BCUT2D eigenvalue weighted by atomic mass is 9.95. The standard InChI is InChI=1S/C22H34N4O3S/c1-3-24(4-2)20(27)17-23-10-6-11-25(15-14-23)21(28)18-8-12-26(13-9-18)22(29)19-7-5-16-30-19/h5,7,16,18H,3-4,6,8-15,17H2,1-2H3. The molecule has 0 N–H and O–H groups in total. The van der Waals surface area contributed by atoms with Crippen molar-refractivity contribution >= 4 is 29.1 Å². The van der Waals surface area contributed by atoms with Crippen LogP contribution in [-0.2, 0) is 9.59 Å². The molecule has 3 amide bonds. The molecule has 0 aliphatic carbocycles. The molecule has 30 heavy (non-hydrogen) atoms. The molecule has 2 aliphatic rings. The van der Waals surface area contributed by atoms with Crippen LogP contribution in [0.3, 0.4) is 0 Å². The van der Waals surface area contributed by atoms with Crippen LogP contribution >= 0.6 is 11.3 Å². The Morgan fingerprint density at radius 1 is 1.00 bits per heavy atom. The van der Waals surface area contributed by atoms with Crippen LogP contribution in [0.25, 0.3) is 0 Å². The van der Waals surface area contributed by atoms with Crippen molar-refractivity contribution < 1.29 is 14.4 Å². The molecule has 0 unspecified atom stereocenters. The normalized spacial score (nSPS) is 18.9. The minimum Gasteiger partial charge on any atom is -0.342 e. The molecule has 3 rings (SSSR count). The fraction of sp³-hybridized carbons (Fsp3) is 0.682. The summed E-state index contributed by atoms with van der Waals surface area (Å²) in [7, 11) is 0. The van der Waals surface area contributed by atoms with Crippen molar-refractivity contribution in [2.75, 3.05) is 58.9 Å². The van der Waals surface area contributed by atoms with Crippen molar-refractivity contribution in [2.45, 2.75) is 33.1 Å². The first-order valence-corrected chi connectivity index (χ1v) is 12.0. The number of hydrogen-bond donors (Lipinski definition) is 0. The molecule has 0 saturated carbocycles. The summed E-state index contributed by atoms with van der Waals surface area (Å²) in [5, 5.41) is 1.92. The smallest absolute Gasteiger partial charge is 0.263 e. The Morgan fingerprint density at radius 3 is 2.37 bits per heavy atom. The summed E-state index contributed by atoms with van der Waals surface area (Å²) in [5.74, 6) is 0.470. The second-order valence-electron chi connectivity index (χ2n) is 8.06. The summed E-state index contributed by atoms with van der Waals surface area (Å²) in [6.07, 6.45) is 2.36. The SMILES string of the molecule is CCN(CC)C(=O)CN1CCCN(C(=O)C2CCN(C(=O)c3cccs3)CC2)CC1. The van der Waals surface area contributed by atoms with E-state index in [1.54, 1.807) is 0 Å². The molecule has 166 valence electrons. The number of rotatable bonds is 6. The van der Waals surface area contributed by atoms with Gasteiger partial charge in [-0.25, -0.2) is 0 Å². The highest BCUT2D eigenvalue weighted by Crippen LogP contribution is 2.23. The molecule has 7 nitrogen and oxygen atoms in total. The number of amides is 3. The van der Waals surface area contributed by atoms with Crippen LogP contribution in [0.2, 0.25) is 0 Å². The Bertz CT molecular complexity index is 712. The molecular formula is C22H34N4O3S. The van der Waals surface area contributed by atoms with E-state index in [1.807, 2.05) is 46.1 Å². The molecule has 0 spiro atoms. The lowest BCUT2D eigenvalue weighted by molar-refractivity contribution is -0.136. The molecule has 1 aromatic heterocycles. The lowest BCUT2D eigenvalue weighted by Gasteiger charge is -2.34. The average molecular weight is 435 g/mol. The van der Waals surface area contributed by atoms with Crippen molar-refractivity contribution in [3.05, 3.63) is 22.4 Å². The predicted octanol–water partition coefficient (Wildman–Crippen LogP) is 2.00. The maximum absolute atomic E-state index is 13.1. The monoisotopic (exact) mass is 434 g/mol. The Labute approximate surface area is 183 Å². The van der Waals surface area contributed by atoms with Crippen molar-refractivity contribution in [3.63, 3.8) is 0 Å². The maximum atomic E-state index is 13.1. The van der Waals surface area contributed by atoms with Crippen LogP contribution in [0.5, 0.6) is 0 Å². The van der Waals surface area contributed by atoms with Gasteiger partial charge in [-0.1, -0.05) is 6.07 Å². The van der Waals surface area contributed by atoms with Gasteiger partial charge in [0.25, 0.3) is 5.91 Å². The van der Waals surface area contributed by atoms with Gasteiger partial charge in [-0.2, -0.15) is 0 Å². The average Bonchev–Trinajstić information content (AvgIpc) is 3.21. The van der Waals surface area contributed by atoms with Crippen LogP contribution in [0.1, 0.15) is 42.8 Å². The van der Waals surface area contributed by atoms with Crippen LogP contribution in [-0.4, -0.2) is 96.2 Å². The molecule has 8 heteroatoms. The van der Waals surface area contributed by atoms with Crippen molar-refractivity contribution in [1.29, 1.82) is 0 Å². The lowest BCUT2D eigenvalue weighted by Crippen LogP contribution is -2.45. The zero-order valence-corrected chi connectivity index (χ0v) is 19.0. The molecule has 0 radical (unpaired) electrons. The number of likely N-dealkylation sites (N-methyl/N-ethyl adjacent to an activating group) is 1. The first-order valence-electron chi connectivity index (χ1n) is 11.1. The number of nitrogens with zero attached hydrogens (tertiary/aromatic N) is 4. The topological polar surface area (TPSA) is 64.2 Å². The van der Waals surface area contributed by atoms with Gasteiger partial charge in [-0.15, -0.1) is 11.3 Å². The summed E-state index contributed by atoms with van der Waals surface area (Å²) >= 11 is 1.47. The van der Waals surface area contributed by atoms with Crippen LogP contribution in [0, 0.1) is 5.92 Å². The van der Waals surface area contributed by atoms with Crippen LogP contribution in [0.4, 0.5) is 0 Å². The summed E-state index contributed by atoms with van der Waals surface area (Å²) in [6, 6.07) is 3.75. The Hall–Kier alpha value is -1.93. The first-order chi connectivity index (χ1) is 14.5. The minimum atomic E-state index is 0.00115. The molecule has 2 aliphatic heterocycles. The number of piperidine rings is 1. The molecule has 0 aromatic carbocycles. The van der Waals surface area contributed by atoms with Gasteiger partial charge in [0.1, 0.15) is 0 Å². The number of carbonyl (C=O) groups is 3. The van der Waals surface area contributed by atoms with Gasteiger partial charge in [0.2, 0.25) is 11.8 Å². The first kappa shape index (κ1) is 22.7. The minimum absolute atomic E-state index is 0.00115. The zero-order chi connectivity index (χ0) is 21.5.